The van der Waals surface area contributed by atoms with Crippen molar-refractivity contribution in [2.45, 2.75) is 31.5 Å². The highest BCUT2D eigenvalue weighted by Crippen LogP contribution is 2.33. The molecule has 3 aromatic rings. The third-order valence-corrected chi connectivity index (χ3v) is 4.79. The molecule has 7 nitrogen and oxygen atoms in total. The molecule has 3 aromatic heterocycles. The summed E-state index contributed by atoms with van der Waals surface area (Å²) in [5, 5.41) is 7.81. The summed E-state index contributed by atoms with van der Waals surface area (Å²) in [5.74, 6) is -0.0849. The lowest BCUT2D eigenvalue weighted by molar-refractivity contribution is -0.142. The first kappa shape index (κ1) is 17.0. The monoisotopic (exact) mass is 365 g/mol. The maximum Gasteiger partial charge on any atom is 0.433 e. The third kappa shape index (κ3) is 3.16. The van der Waals surface area contributed by atoms with E-state index in [1.54, 1.807) is 6.20 Å². The number of hydrogen-bond donors (Lipinski definition) is 0. The molecule has 1 aliphatic heterocycles. The number of hydrogen-bond acceptors (Lipinski definition) is 5. The van der Waals surface area contributed by atoms with Crippen LogP contribution < -0.4 is 0 Å². The van der Waals surface area contributed by atoms with E-state index in [1.165, 1.54) is 0 Å². The number of aryl methyl sites for hydroxylation is 1. The van der Waals surface area contributed by atoms with Gasteiger partial charge >= 0.3 is 6.18 Å². The van der Waals surface area contributed by atoms with E-state index >= 15 is 0 Å². The van der Waals surface area contributed by atoms with Crippen molar-refractivity contribution in [3.8, 4) is 0 Å². The molecule has 0 amide bonds. The Labute approximate surface area is 147 Å². The maximum absolute atomic E-state index is 13.4. The van der Waals surface area contributed by atoms with Gasteiger partial charge in [-0.3, -0.25) is 9.58 Å². The van der Waals surface area contributed by atoms with E-state index < -0.39 is 11.9 Å². The van der Waals surface area contributed by atoms with Gasteiger partial charge in [-0.15, -0.1) is 0 Å². The molecule has 4 heterocycles. The predicted molar refractivity (Wildman–Crippen MR) is 86.2 cm³/mol. The van der Waals surface area contributed by atoms with E-state index in [1.807, 2.05) is 17.8 Å². The predicted octanol–water partition coefficient (Wildman–Crippen LogP) is 2.26. The number of alkyl halides is 3. The van der Waals surface area contributed by atoms with Gasteiger partial charge in [-0.25, -0.2) is 4.98 Å². The van der Waals surface area contributed by atoms with Crippen molar-refractivity contribution in [1.29, 1.82) is 0 Å². The van der Waals surface area contributed by atoms with Crippen LogP contribution in [-0.4, -0.2) is 47.4 Å². The standard InChI is InChI=1S/C16H18F3N7/c1-24-12(4-5-21-24)9-25-6-2-3-11(8-25)13-7-14(16(17,18)19)26-15(23-13)20-10-22-26/h4-5,7,10-11H,2-3,6,8-9H2,1H3. The van der Waals surface area contributed by atoms with E-state index in [2.05, 4.69) is 25.1 Å². The van der Waals surface area contributed by atoms with E-state index in [-0.39, 0.29) is 11.7 Å². The zero-order valence-electron chi connectivity index (χ0n) is 14.2. The van der Waals surface area contributed by atoms with Crippen LogP contribution >= 0.6 is 0 Å². The summed E-state index contributed by atoms with van der Waals surface area (Å²) in [6.45, 7) is 2.27. The van der Waals surface area contributed by atoms with Gasteiger partial charge < -0.3 is 0 Å². The SMILES string of the molecule is Cn1nccc1CN1CCCC(c2cc(C(F)(F)F)n3ncnc3n2)C1. The lowest BCUT2D eigenvalue weighted by Crippen LogP contribution is -2.35. The van der Waals surface area contributed by atoms with Crippen molar-refractivity contribution < 1.29 is 13.2 Å². The van der Waals surface area contributed by atoms with Crippen LogP contribution in [0.3, 0.4) is 0 Å². The molecule has 4 rings (SSSR count). The van der Waals surface area contributed by atoms with Crippen LogP contribution in [0.15, 0.2) is 24.7 Å². The minimum absolute atomic E-state index is 0.0152. The van der Waals surface area contributed by atoms with Crippen LogP contribution in [-0.2, 0) is 19.8 Å². The summed E-state index contributed by atoms with van der Waals surface area (Å²) in [4.78, 5) is 10.4. The van der Waals surface area contributed by atoms with Gasteiger partial charge in [0.25, 0.3) is 5.78 Å². The Kier molecular flexibility index (Phi) is 4.14. The maximum atomic E-state index is 13.4. The van der Waals surface area contributed by atoms with Gasteiger partial charge in [-0.2, -0.15) is 32.9 Å². The fourth-order valence-corrected chi connectivity index (χ4v) is 3.47. The Balaban J connectivity index is 1.61. The smallest absolute Gasteiger partial charge is 0.297 e. The highest BCUT2D eigenvalue weighted by molar-refractivity contribution is 5.33. The Morgan fingerprint density at radius 3 is 2.85 bits per heavy atom. The molecular weight excluding hydrogens is 347 g/mol. The summed E-state index contributed by atoms with van der Waals surface area (Å²) in [7, 11) is 1.88. The molecule has 0 N–H and O–H groups in total. The number of halogens is 3. The molecule has 138 valence electrons. The molecular formula is C16H18F3N7. The molecule has 26 heavy (non-hydrogen) atoms. The van der Waals surface area contributed by atoms with Crippen molar-refractivity contribution in [2.24, 2.45) is 7.05 Å². The number of fused-ring (bicyclic) bond motifs is 1. The molecule has 0 radical (unpaired) electrons. The van der Waals surface area contributed by atoms with Gasteiger partial charge in [0.15, 0.2) is 5.69 Å². The summed E-state index contributed by atoms with van der Waals surface area (Å²) < 4.78 is 42.7. The highest BCUT2D eigenvalue weighted by Gasteiger charge is 2.36. The normalized spacial score (nSPS) is 19.3. The van der Waals surface area contributed by atoms with Crippen molar-refractivity contribution in [3.63, 3.8) is 0 Å². The van der Waals surface area contributed by atoms with Crippen molar-refractivity contribution >= 4 is 5.78 Å². The Bertz CT molecular complexity index is 914. The molecule has 1 fully saturated rings. The van der Waals surface area contributed by atoms with Gasteiger partial charge in [-0.05, 0) is 31.5 Å². The number of aromatic nitrogens is 6. The second-order valence-electron chi connectivity index (χ2n) is 6.56. The van der Waals surface area contributed by atoms with Gasteiger partial charge in [0.2, 0.25) is 0 Å². The number of rotatable bonds is 3. The van der Waals surface area contributed by atoms with Gasteiger partial charge in [-0.1, -0.05) is 0 Å². The third-order valence-electron chi connectivity index (χ3n) is 4.79. The molecule has 1 unspecified atom stereocenters. The minimum Gasteiger partial charge on any atom is -0.297 e. The fourth-order valence-electron chi connectivity index (χ4n) is 3.47. The van der Waals surface area contributed by atoms with E-state index in [0.29, 0.717) is 18.8 Å². The van der Waals surface area contributed by atoms with Crippen LogP contribution in [0.5, 0.6) is 0 Å². The van der Waals surface area contributed by atoms with Crippen LogP contribution in [0.4, 0.5) is 13.2 Å². The zero-order chi connectivity index (χ0) is 18.3. The fraction of sp³-hybridized carbons (Fsp3) is 0.500. The largest absolute Gasteiger partial charge is 0.433 e. The first-order chi connectivity index (χ1) is 12.4. The summed E-state index contributed by atoms with van der Waals surface area (Å²) in [5.41, 5.74) is 0.661. The van der Waals surface area contributed by atoms with Crippen molar-refractivity contribution in [3.05, 3.63) is 41.7 Å². The second kappa shape index (κ2) is 6.35. The van der Waals surface area contributed by atoms with Crippen molar-refractivity contribution in [1.82, 2.24) is 34.3 Å². The second-order valence-corrected chi connectivity index (χ2v) is 6.56. The molecule has 0 aromatic carbocycles. The molecule has 1 saturated heterocycles. The Morgan fingerprint density at radius 2 is 2.12 bits per heavy atom. The van der Waals surface area contributed by atoms with E-state index in [9.17, 15) is 13.2 Å². The molecule has 1 aliphatic rings. The lowest BCUT2D eigenvalue weighted by Gasteiger charge is -2.32. The van der Waals surface area contributed by atoms with Crippen LogP contribution in [0.25, 0.3) is 5.78 Å². The highest BCUT2D eigenvalue weighted by atomic mass is 19.4. The average Bonchev–Trinajstić information content (AvgIpc) is 3.22. The van der Waals surface area contributed by atoms with Crippen LogP contribution in [0.1, 0.15) is 35.8 Å². The Hall–Kier alpha value is -2.49. The first-order valence-electron chi connectivity index (χ1n) is 8.39. The molecule has 1 atom stereocenters. The topological polar surface area (TPSA) is 64.1 Å². The van der Waals surface area contributed by atoms with Gasteiger partial charge in [0.05, 0.1) is 11.4 Å². The van der Waals surface area contributed by atoms with Crippen LogP contribution in [0.2, 0.25) is 0 Å². The minimum atomic E-state index is -4.51. The summed E-state index contributed by atoms with van der Waals surface area (Å²) >= 11 is 0. The first-order valence-corrected chi connectivity index (χ1v) is 8.39. The quantitative estimate of drug-likeness (QED) is 0.712. The number of nitrogens with zero attached hydrogens (tertiary/aromatic N) is 7. The Morgan fingerprint density at radius 1 is 1.27 bits per heavy atom. The average molecular weight is 365 g/mol. The van der Waals surface area contributed by atoms with Crippen LogP contribution in [0, 0.1) is 0 Å². The number of piperidine rings is 1. The van der Waals surface area contributed by atoms with Gasteiger partial charge in [0, 0.05) is 32.3 Å². The van der Waals surface area contributed by atoms with E-state index in [0.717, 1.165) is 42.0 Å². The van der Waals surface area contributed by atoms with E-state index in [4.69, 9.17) is 0 Å². The van der Waals surface area contributed by atoms with Gasteiger partial charge in [0.1, 0.15) is 6.33 Å². The molecule has 0 bridgehead atoms. The number of likely N-dealkylation sites (tertiary alicyclic amines) is 1. The summed E-state index contributed by atoms with van der Waals surface area (Å²) in [6.07, 6.45) is 0.0384. The molecule has 10 heteroatoms. The molecule has 0 saturated carbocycles. The van der Waals surface area contributed by atoms with Crippen molar-refractivity contribution in [2.75, 3.05) is 13.1 Å². The molecule has 0 aliphatic carbocycles. The summed E-state index contributed by atoms with van der Waals surface area (Å²) in [6, 6.07) is 3.06. The lowest BCUT2D eigenvalue weighted by atomic mass is 9.94. The zero-order valence-corrected chi connectivity index (χ0v) is 14.2. The molecule has 0 spiro atoms.